The number of carbonyl (C=O) groups is 2. The van der Waals surface area contributed by atoms with Gasteiger partial charge in [0, 0.05) is 5.69 Å². The quantitative estimate of drug-likeness (QED) is 0.690. The molecule has 2 rings (SSSR count). The molecule has 0 saturated carbocycles. The van der Waals surface area contributed by atoms with Gasteiger partial charge in [0.25, 0.3) is 5.91 Å². The van der Waals surface area contributed by atoms with Crippen molar-refractivity contribution in [2.45, 2.75) is 38.7 Å². The van der Waals surface area contributed by atoms with Crippen LogP contribution in [0.3, 0.4) is 0 Å². The van der Waals surface area contributed by atoms with Gasteiger partial charge in [-0.15, -0.1) is 0 Å². The molecule has 2 aromatic rings. The van der Waals surface area contributed by atoms with Gasteiger partial charge in [-0.25, -0.2) is 8.42 Å². The Hall–Kier alpha value is -2.71. The van der Waals surface area contributed by atoms with Crippen molar-refractivity contribution < 1.29 is 22.7 Å². The lowest BCUT2D eigenvalue weighted by atomic mass is 10.1. The van der Waals surface area contributed by atoms with Crippen LogP contribution in [0.2, 0.25) is 0 Å². The highest BCUT2D eigenvalue weighted by Gasteiger charge is 2.21. The van der Waals surface area contributed by atoms with E-state index in [1.54, 1.807) is 31.2 Å². The van der Waals surface area contributed by atoms with Crippen molar-refractivity contribution >= 4 is 27.6 Å². The molecule has 8 heteroatoms. The van der Waals surface area contributed by atoms with Crippen LogP contribution in [0.4, 0.5) is 5.69 Å². The predicted molar refractivity (Wildman–Crippen MR) is 106 cm³/mol. The molecule has 7 nitrogen and oxygen atoms in total. The molecule has 2 aromatic carbocycles. The molecule has 0 aliphatic heterocycles. The van der Waals surface area contributed by atoms with Crippen molar-refractivity contribution in [1.29, 1.82) is 0 Å². The fourth-order valence-corrected chi connectivity index (χ4v) is 3.43. The first kappa shape index (κ1) is 21.6. The minimum Gasteiger partial charge on any atom is -0.452 e. The molecule has 1 amide bonds. The second kappa shape index (κ2) is 8.99. The first-order valence-electron chi connectivity index (χ1n) is 8.72. The molecule has 0 unspecified atom stereocenters. The van der Waals surface area contributed by atoms with Gasteiger partial charge in [0.15, 0.2) is 6.10 Å². The molecule has 2 N–H and O–H groups in total. The molecule has 0 aliphatic rings. The number of nitrogens with one attached hydrogen (secondary N) is 2. The monoisotopic (exact) mass is 404 g/mol. The molecule has 0 aromatic heterocycles. The molecule has 0 saturated heterocycles. The Labute approximate surface area is 165 Å². The van der Waals surface area contributed by atoms with Crippen LogP contribution in [0.5, 0.6) is 0 Å². The highest BCUT2D eigenvalue weighted by molar-refractivity contribution is 7.89. The van der Waals surface area contributed by atoms with Crippen molar-refractivity contribution in [3.05, 3.63) is 59.2 Å². The Morgan fingerprint density at radius 3 is 2.39 bits per heavy atom. The highest BCUT2D eigenvalue weighted by Crippen LogP contribution is 2.14. The number of sulfonamides is 1. The Balaban J connectivity index is 1.90. The van der Waals surface area contributed by atoms with Crippen LogP contribution in [-0.2, 0) is 24.3 Å². The van der Waals surface area contributed by atoms with E-state index in [1.807, 2.05) is 19.9 Å². The van der Waals surface area contributed by atoms with Crippen LogP contribution in [-0.4, -0.2) is 32.9 Å². The number of aryl methyl sites for hydroxylation is 3. The van der Waals surface area contributed by atoms with Crippen molar-refractivity contribution in [3.63, 3.8) is 0 Å². The Morgan fingerprint density at radius 2 is 1.75 bits per heavy atom. The number of carbonyl (C=O) groups excluding carboxylic acids is 2. The zero-order valence-corrected chi connectivity index (χ0v) is 17.1. The summed E-state index contributed by atoms with van der Waals surface area (Å²) >= 11 is 0. The van der Waals surface area contributed by atoms with E-state index in [9.17, 15) is 18.0 Å². The Morgan fingerprint density at radius 1 is 1.04 bits per heavy atom. The lowest BCUT2D eigenvalue weighted by molar-refractivity contribution is -0.151. The van der Waals surface area contributed by atoms with Crippen LogP contribution >= 0.6 is 0 Å². The van der Waals surface area contributed by atoms with Crippen LogP contribution in [0, 0.1) is 20.8 Å². The number of rotatable bonds is 7. The molecule has 0 fully saturated rings. The van der Waals surface area contributed by atoms with Gasteiger partial charge < -0.3 is 10.1 Å². The van der Waals surface area contributed by atoms with E-state index in [4.69, 9.17) is 4.74 Å². The molecule has 28 heavy (non-hydrogen) atoms. The largest absolute Gasteiger partial charge is 0.452 e. The first-order valence-corrected chi connectivity index (χ1v) is 10.2. The second-order valence-electron chi connectivity index (χ2n) is 6.56. The van der Waals surface area contributed by atoms with E-state index < -0.39 is 34.5 Å². The number of ether oxygens (including phenoxy) is 1. The van der Waals surface area contributed by atoms with Crippen molar-refractivity contribution in [2.75, 3.05) is 11.9 Å². The molecule has 150 valence electrons. The van der Waals surface area contributed by atoms with E-state index in [2.05, 4.69) is 10.0 Å². The lowest BCUT2D eigenvalue weighted by Gasteiger charge is -2.14. The van der Waals surface area contributed by atoms with Crippen molar-refractivity contribution in [3.8, 4) is 0 Å². The first-order chi connectivity index (χ1) is 13.1. The second-order valence-corrected chi connectivity index (χ2v) is 8.33. The summed E-state index contributed by atoms with van der Waals surface area (Å²) in [5.74, 6) is -1.35. The third-order valence-corrected chi connectivity index (χ3v) is 5.56. The zero-order chi connectivity index (χ0) is 20.9. The van der Waals surface area contributed by atoms with Crippen LogP contribution in [0.25, 0.3) is 0 Å². The van der Waals surface area contributed by atoms with Crippen LogP contribution in [0.15, 0.2) is 47.4 Å². The molecular formula is C20H24N2O5S. The van der Waals surface area contributed by atoms with E-state index in [0.29, 0.717) is 5.69 Å². The minimum atomic E-state index is -3.86. The molecule has 0 aliphatic carbocycles. The minimum absolute atomic E-state index is 0.0636. The maximum atomic E-state index is 12.3. The maximum absolute atomic E-state index is 12.3. The van der Waals surface area contributed by atoms with Gasteiger partial charge in [0.2, 0.25) is 10.0 Å². The summed E-state index contributed by atoms with van der Waals surface area (Å²) in [5, 5.41) is 2.64. The normalized spacial score (nSPS) is 12.3. The summed E-state index contributed by atoms with van der Waals surface area (Å²) in [6.07, 6.45) is -1.07. The van der Waals surface area contributed by atoms with Gasteiger partial charge in [0.05, 0.1) is 4.90 Å². The maximum Gasteiger partial charge on any atom is 0.321 e. The summed E-state index contributed by atoms with van der Waals surface area (Å²) < 4.78 is 31.8. The van der Waals surface area contributed by atoms with Gasteiger partial charge in [-0.2, -0.15) is 4.72 Å². The number of anilines is 1. The van der Waals surface area contributed by atoms with Gasteiger partial charge in [-0.3, -0.25) is 9.59 Å². The van der Waals surface area contributed by atoms with Gasteiger partial charge in [-0.05, 0) is 68.7 Å². The lowest BCUT2D eigenvalue weighted by Crippen LogP contribution is -2.35. The van der Waals surface area contributed by atoms with Gasteiger partial charge in [-0.1, -0.05) is 18.2 Å². The summed E-state index contributed by atoms with van der Waals surface area (Å²) in [7, 11) is -3.86. The Bertz CT molecular complexity index is 986. The summed E-state index contributed by atoms with van der Waals surface area (Å²) in [4.78, 5) is 24.1. The number of amides is 1. The SMILES string of the molecule is Cc1cccc(NC(=O)[C@H](C)OC(=O)CNS(=O)(=O)c2ccc(C)c(C)c2)c1. The summed E-state index contributed by atoms with van der Waals surface area (Å²) in [6.45, 7) is 6.41. The Kier molecular flexibility index (Phi) is 6.93. The fraction of sp³-hybridized carbons (Fsp3) is 0.300. The smallest absolute Gasteiger partial charge is 0.321 e. The molecule has 0 bridgehead atoms. The summed E-state index contributed by atoms with van der Waals surface area (Å²) in [6, 6.07) is 11.9. The summed E-state index contributed by atoms with van der Waals surface area (Å²) in [5.41, 5.74) is 3.35. The average Bonchev–Trinajstić information content (AvgIpc) is 2.62. The topological polar surface area (TPSA) is 102 Å². The van der Waals surface area contributed by atoms with E-state index in [1.165, 1.54) is 19.1 Å². The predicted octanol–water partition coefficient (Wildman–Crippen LogP) is 2.46. The molecular weight excluding hydrogens is 380 g/mol. The number of hydrogen-bond acceptors (Lipinski definition) is 5. The van der Waals surface area contributed by atoms with Crippen LogP contribution in [0.1, 0.15) is 23.6 Å². The molecule has 0 radical (unpaired) electrons. The number of benzene rings is 2. The molecule has 0 heterocycles. The molecule has 1 atom stereocenters. The van der Waals surface area contributed by atoms with E-state index in [-0.39, 0.29) is 4.90 Å². The average molecular weight is 404 g/mol. The zero-order valence-electron chi connectivity index (χ0n) is 16.3. The number of hydrogen-bond donors (Lipinski definition) is 2. The third-order valence-electron chi connectivity index (χ3n) is 4.16. The number of esters is 1. The van der Waals surface area contributed by atoms with Crippen LogP contribution < -0.4 is 10.0 Å². The van der Waals surface area contributed by atoms with Gasteiger partial charge >= 0.3 is 5.97 Å². The van der Waals surface area contributed by atoms with Gasteiger partial charge in [0.1, 0.15) is 6.54 Å². The van der Waals surface area contributed by atoms with Crippen molar-refractivity contribution in [1.82, 2.24) is 4.72 Å². The van der Waals surface area contributed by atoms with Crippen molar-refractivity contribution in [2.24, 2.45) is 0 Å². The highest BCUT2D eigenvalue weighted by atomic mass is 32.2. The van der Waals surface area contributed by atoms with E-state index >= 15 is 0 Å². The van der Waals surface area contributed by atoms with E-state index in [0.717, 1.165) is 16.7 Å². The fourth-order valence-electron chi connectivity index (χ4n) is 2.38. The molecule has 0 spiro atoms. The standard InChI is InChI=1S/C20H24N2O5S/c1-13-6-5-7-17(10-13)22-20(24)16(4)27-19(23)12-21-28(25,26)18-9-8-14(2)15(3)11-18/h5-11,16,21H,12H2,1-4H3,(H,22,24)/t16-/m0/s1. The third kappa shape index (κ3) is 5.90.